The third-order valence-electron chi connectivity index (χ3n) is 5.40. The number of nitrogens with one attached hydrogen (secondary N) is 1. The Balaban J connectivity index is 1.39. The van der Waals surface area contributed by atoms with Crippen LogP contribution in [0.5, 0.6) is 0 Å². The van der Waals surface area contributed by atoms with Gasteiger partial charge in [-0.2, -0.15) is 0 Å². The monoisotopic (exact) mass is 409 g/mol. The minimum absolute atomic E-state index is 0.120. The molecule has 0 unspecified atom stereocenters. The number of hydrogen-bond donors (Lipinski definition) is 1. The van der Waals surface area contributed by atoms with E-state index in [-0.39, 0.29) is 17.3 Å². The Morgan fingerprint density at radius 2 is 1.93 bits per heavy atom. The van der Waals surface area contributed by atoms with Crippen molar-refractivity contribution in [1.29, 1.82) is 0 Å². The van der Waals surface area contributed by atoms with Crippen LogP contribution in [0.15, 0.2) is 58.2 Å². The van der Waals surface area contributed by atoms with Gasteiger partial charge < -0.3 is 9.32 Å². The Morgan fingerprint density at radius 3 is 2.72 bits per heavy atom. The highest BCUT2D eigenvalue weighted by Crippen LogP contribution is 2.38. The van der Waals surface area contributed by atoms with E-state index in [9.17, 15) is 13.2 Å². The largest absolute Gasteiger partial charge is 0.463 e. The van der Waals surface area contributed by atoms with Crippen molar-refractivity contribution in [2.45, 2.75) is 30.7 Å². The first kappa shape index (κ1) is 18.1. The number of anilines is 1. The lowest BCUT2D eigenvalue weighted by atomic mass is 10.00. The zero-order valence-electron chi connectivity index (χ0n) is 15.6. The highest BCUT2D eigenvalue weighted by Gasteiger charge is 2.32. The van der Waals surface area contributed by atoms with Gasteiger partial charge in [-0.3, -0.25) is 9.78 Å². The normalized spacial score (nSPS) is 15.6. The number of aromatic nitrogens is 1. The molecule has 1 N–H and O–H groups in total. The summed E-state index contributed by atoms with van der Waals surface area (Å²) in [6, 6.07) is 10.6. The molecule has 3 aromatic rings. The number of sulfonamides is 1. The van der Waals surface area contributed by atoms with E-state index < -0.39 is 10.0 Å². The van der Waals surface area contributed by atoms with Gasteiger partial charge in [-0.15, -0.1) is 0 Å². The third-order valence-corrected chi connectivity index (χ3v) is 6.78. The number of carbonyl (C=O) groups is 1. The number of aryl methyl sites for hydroxylation is 1. The summed E-state index contributed by atoms with van der Waals surface area (Å²) in [6.07, 6.45) is 4.90. The van der Waals surface area contributed by atoms with Crippen molar-refractivity contribution in [2.75, 3.05) is 11.4 Å². The Hall–Kier alpha value is -2.97. The average molecular weight is 409 g/mol. The maximum Gasteiger partial charge on any atom is 0.240 e. The number of furan rings is 1. The SMILES string of the molecule is O=C1CCc2cc(S(=O)(=O)NCc3ccnc(-c4ccco4)c3)cc3c2N1CC3. The minimum Gasteiger partial charge on any atom is -0.463 e. The van der Waals surface area contributed by atoms with Gasteiger partial charge in [-0.05, 0) is 65.9 Å². The van der Waals surface area contributed by atoms with Gasteiger partial charge >= 0.3 is 0 Å². The van der Waals surface area contributed by atoms with E-state index >= 15 is 0 Å². The first-order valence-corrected chi connectivity index (χ1v) is 10.9. The van der Waals surface area contributed by atoms with Crippen LogP contribution in [0.1, 0.15) is 23.1 Å². The maximum absolute atomic E-state index is 12.9. The van der Waals surface area contributed by atoms with Crippen LogP contribution in [0, 0.1) is 0 Å². The zero-order chi connectivity index (χ0) is 20.0. The molecule has 0 saturated carbocycles. The lowest BCUT2D eigenvalue weighted by Gasteiger charge is -2.25. The summed E-state index contributed by atoms with van der Waals surface area (Å²) in [4.78, 5) is 18.4. The van der Waals surface area contributed by atoms with Gasteiger partial charge in [0.05, 0.1) is 16.8 Å². The fraction of sp³-hybridized carbons (Fsp3) is 0.238. The van der Waals surface area contributed by atoms with Gasteiger partial charge in [0.1, 0.15) is 5.69 Å². The molecule has 5 rings (SSSR count). The molecular formula is C21H19N3O4S. The fourth-order valence-electron chi connectivity index (χ4n) is 3.99. The predicted molar refractivity (Wildman–Crippen MR) is 107 cm³/mol. The number of benzene rings is 1. The number of nitrogens with zero attached hydrogens (tertiary/aromatic N) is 2. The van der Waals surface area contributed by atoms with E-state index in [1.54, 1.807) is 53.8 Å². The lowest BCUT2D eigenvalue weighted by molar-refractivity contribution is -0.118. The van der Waals surface area contributed by atoms with Gasteiger partial charge in [-0.25, -0.2) is 13.1 Å². The van der Waals surface area contributed by atoms with Gasteiger partial charge in [0, 0.05) is 25.7 Å². The Morgan fingerprint density at radius 1 is 1.10 bits per heavy atom. The molecule has 0 radical (unpaired) electrons. The molecule has 4 heterocycles. The fourth-order valence-corrected chi connectivity index (χ4v) is 5.10. The van der Waals surface area contributed by atoms with Crippen LogP contribution in [-0.4, -0.2) is 25.9 Å². The summed E-state index contributed by atoms with van der Waals surface area (Å²) in [6.45, 7) is 0.778. The third kappa shape index (κ3) is 3.24. The van der Waals surface area contributed by atoms with E-state index in [4.69, 9.17) is 4.42 Å². The second-order valence-corrected chi connectivity index (χ2v) is 9.00. The highest BCUT2D eigenvalue weighted by molar-refractivity contribution is 7.89. The van der Waals surface area contributed by atoms with E-state index in [1.165, 1.54) is 0 Å². The molecule has 148 valence electrons. The second kappa shape index (κ2) is 6.82. The van der Waals surface area contributed by atoms with Crippen LogP contribution < -0.4 is 9.62 Å². The molecule has 0 spiro atoms. The molecule has 2 aromatic heterocycles. The quantitative estimate of drug-likeness (QED) is 0.699. The van der Waals surface area contributed by atoms with Crippen LogP contribution in [0.25, 0.3) is 11.5 Å². The molecule has 7 nitrogen and oxygen atoms in total. The van der Waals surface area contributed by atoms with Crippen molar-refractivity contribution in [1.82, 2.24) is 9.71 Å². The van der Waals surface area contributed by atoms with Gasteiger partial charge in [0.15, 0.2) is 5.76 Å². The van der Waals surface area contributed by atoms with E-state index in [0.717, 1.165) is 22.4 Å². The molecule has 8 heteroatoms. The number of rotatable bonds is 5. The summed E-state index contributed by atoms with van der Waals surface area (Å²) in [5.41, 5.74) is 4.22. The van der Waals surface area contributed by atoms with E-state index in [2.05, 4.69) is 9.71 Å². The summed E-state index contributed by atoms with van der Waals surface area (Å²) >= 11 is 0. The van der Waals surface area contributed by atoms with E-state index in [1.807, 2.05) is 0 Å². The Kier molecular flexibility index (Phi) is 4.25. The number of carbonyl (C=O) groups excluding carboxylic acids is 1. The van der Waals surface area contributed by atoms with Crippen LogP contribution >= 0.6 is 0 Å². The highest BCUT2D eigenvalue weighted by atomic mass is 32.2. The molecule has 1 aromatic carbocycles. The average Bonchev–Trinajstić information content (AvgIpc) is 3.40. The molecule has 1 amide bonds. The Labute approximate surface area is 168 Å². The number of pyridine rings is 1. The second-order valence-electron chi connectivity index (χ2n) is 7.24. The first-order chi connectivity index (χ1) is 14.0. The minimum atomic E-state index is -3.68. The van der Waals surface area contributed by atoms with Crippen molar-refractivity contribution in [3.63, 3.8) is 0 Å². The molecule has 0 saturated heterocycles. The van der Waals surface area contributed by atoms with Crippen molar-refractivity contribution in [2.24, 2.45) is 0 Å². The first-order valence-electron chi connectivity index (χ1n) is 9.46. The van der Waals surface area contributed by atoms with Crippen LogP contribution in [0.4, 0.5) is 5.69 Å². The van der Waals surface area contributed by atoms with Crippen molar-refractivity contribution in [3.05, 3.63) is 65.5 Å². The summed E-state index contributed by atoms with van der Waals surface area (Å²) in [5.74, 6) is 0.751. The van der Waals surface area contributed by atoms with Crippen LogP contribution in [0.3, 0.4) is 0 Å². The maximum atomic E-state index is 12.9. The molecule has 29 heavy (non-hydrogen) atoms. The van der Waals surface area contributed by atoms with Crippen molar-refractivity contribution < 1.29 is 17.6 Å². The predicted octanol–water partition coefficient (Wildman–Crippen LogP) is 2.66. The number of hydrogen-bond acceptors (Lipinski definition) is 5. The molecular weight excluding hydrogens is 390 g/mol. The lowest BCUT2D eigenvalue weighted by Crippen LogP contribution is -2.33. The topological polar surface area (TPSA) is 92.5 Å². The Bertz CT molecular complexity index is 1200. The smallest absolute Gasteiger partial charge is 0.240 e. The van der Waals surface area contributed by atoms with Crippen molar-refractivity contribution >= 4 is 21.6 Å². The van der Waals surface area contributed by atoms with Gasteiger partial charge in [0.2, 0.25) is 15.9 Å². The van der Waals surface area contributed by atoms with Crippen LogP contribution in [0.2, 0.25) is 0 Å². The summed E-state index contributed by atoms with van der Waals surface area (Å²) in [5, 5.41) is 0. The van der Waals surface area contributed by atoms with Gasteiger partial charge in [-0.1, -0.05) is 0 Å². The molecule has 0 aliphatic carbocycles. The standard InChI is InChI=1S/C21H19N3O4S/c25-20-4-3-15-11-17(12-16-6-8-24(20)21(15)16)29(26,27)23-13-14-5-7-22-18(10-14)19-2-1-9-28-19/h1-2,5,7,9-12,23H,3-4,6,8,13H2. The molecule has 0 atom stereocenters. The zero-order valence-corrected chi connectivity index (χ0v) is 16.4. The number of amides is 1. The molecule has 2 aliphatic rings. The van der Waals surface area contributed by atoms with E-state index in [0.29, 0.717) is 37.3 Å². The summed E-state index contributed by atoms with van der Waals surface area (Å²) in [7, 11) is -3.68. The van der Waals surface area contributed by atoms with Crippen LogP contribution in [-0.2, 0) is 34.2 Å². The molecule has 0 fully saturated rings. The van der Waals surface area contributed by atoms with Crippen molar-refractivity contribution in [3.8, 4) is 11.5 Å². The van der Waals surface area contributed by atoms with Gasteiger partial charge in [0.25, 0.3) is 0 Å². The molecule has 0 bridgehead atoms. The summed E-state index contributed by atoms with van der Waals surface area (Å²) < 4.78 is 33.9. The molecule has 2 aliphatic heterocycles.